The molecular weight excluding hydrogens is 422 g/mol. The minimum Gasteiger partial charge on any atom is -0.459 e. The highest BCUT2D eigenvalue weighted by Gasteiger charge is 2.48. The number of ether oxygens (including phenoxy) is 4. The minimum absolute atomic E-state index is 0.0529. The molecule has 0 aromatic rings. The number of epoxide rings is 1. The Bertz CT molecular complexity index is 784. The number of allylic oxidation sites excluding steroid dienone is 2. The summed E-state index contributed by atoms with van der Waals surface area (Å²) in [5.74, 6) is -0.258. The summed E-state index contributed by atoms with van der Waals surface area (Å²) in [5, 5.41) is 3.02. The lowest BCUT2D eigenvalue weighted by Gasteiger charge is -2.39. The lowest BCUT2D eigenvalue weighted by atomic mass is 9.88. The summed E-state index contributed by atoms with van der Waals surface area (Å²) in [4.78, 5) is 23.2. The second-order valence-electron chi connectivity index (χ2n) is 9.76. The number of hydrogen-bond donors (Lipinski definition) is 1. The molecule has 0 aromatic carbocycles. The maximum absolute atomic E-state index is 12.3. The van der Waals surface area contributed by atoms with Crippen LogP contribution in [0.1, 0.15) is 60.3 Å². The number of rotatable bonds is 8. The van der Waals surface area contributed by atoms with Gasteiger partial charge in [0.2, 0.25) is 5.91 Å². The molecular formula is C26H39NO6. The van der Waals surface area contributed by atoms with Crippen molar-refractivity contribution in [2.75, 3.05) is 13.2 Å². The molecule has 6 unspecified atom stereocenters. The van der Waals surface area contributed by atoms with Crippen molar-refractivity contribution in [3.63, 3.8) is 0 Å². The number of nitrogens with one attached hydrogen (secondary N) is 1. The summed E-state index contributed by atoms with van der Waals surface area (Å²) in [5.41, 5.74) is 1.29. The van der Waals surface area contributed by atoms with Gasteiger partial charge in [-0.25, -0.2) is 0 Å². The zero-order valence-corrected chi connectivity index (χ0v) is 20.5. The molecule has 3 rings (SSSR count). The van der Waals surface area contributed by atoms with Crippen molar-refractivity contribution >= 4 is 11.9 Å². The van der Waals surface area contributed by atoms with Crippen molar-refractivity contribution in [3.05, 3.63) is 36.0 Å². The number of carbonyl (C=O) groups is 2. The molecule has 0 saturated carbocycles. The highest BCUT2D eigenvalue weighted by Crippen LogP contribution is 2.39. The summed E-state index contributed by atoms with van der Waals surface area (Å²) >= 11 is 0. The van der Waals surface area contributed by atoms with E-state index in [1.54, 1.807) is 13.0 Å². The van der Waals surface area contributed by atoms with E-state index in [-0.39, 0.29) is 41.8 Å². The van der Waals surface area contributed by atoms with E-state index in [0.717, 1.165) is 38.9 Å². The summed E-state index contributed by atoms with van der Waals surface area (Å²) in [6, 6.07) is -0.0529. The summed E-state index contributed by atoms with van der Waals surface area (Å²) in [6.07, 6.45) is 12.9. The van der Waals surface area contributed by atoms with Crippen molar-refractivity contribution < 1.29 is 28.5 Å². The molecule has 3 aliphatic rings. The highest BCUT2D eigenvalue weighted by atomic mass is 16.6. The van der Waals surface area contributed by atoms with Gasteiger partial charge >= 0.3 is 5.97 Å². The lowest BCUT2D eigenvalue weighted by molar-refractivity contribution is -0.143. The first-order valence-corrected chi connectivity index (χ1v) is 12.1. The average molecular weight is 462 g/mol. The van der Waals surface area contributed by atoms with Gasteiger partial charge in [-0.15, -0.1) is 0 Å². The fourth-order valence-electron chi connectivity index (χ4n) is 4.51. The molecule has 7 nitrogen and oxygen atoms in total. The number of hydrogen-bond acceptors (Lipinski definition) is 6. The summed E-state index contributed by atoms with van der Waals surface area (Å²) < 4.78 is 22.7. The first kappa shape index (κ1) is 25.7. The predicted molar refractivity (Wildman–Crippen MR) is 126 cm³/mol. The fraction of sp³-hybridized carbons (Fsp3) is 0.692. The first-order valence-electron chi connectivity index (χ1n) is 12.1. The highest BCUT2D eigenvalue weighted by molar-refractivity contribution is 5.87. The Morgan fingerprint density at radius 3 is 2.70 bits per heavy atom. The maximum atomic E-state index is 12.3. The van der Waals surface area contributed by atoms with Crippen molar-refractivity contribution in [3.8, 4) is 0 Å². The van der Waals surface area contributed by atoms with Crippen LogP contribution in [-0.4, -0.2) is 61.1 Å². The van der Waals surface area contributed by atoms with Crippen molar-refractivity contribution in [2.45, 2.75) is 96.4 Å². The van der Waals surface area contributed by atoms with Crippen LogP contribution in [-0.2, 0) is 28.5 Å². The van der Waals surface area contributed by atoms with Crippen LogP contribution in [0.5, 0.6) is 0 Å². The fourth-order valence-corrected chi connectivity index (χ4v) is 4.51. The Morgan fingerprint density at radius 2 is 2.00 bits per heavy atom. The van der Waals surface area contributed by atoms with Crippen LogP contribution in [0.3, 0.4) is 0 Å². The Balaban J connectivity index is 1.43. The Morgan fingerprint density at radius 1 is 1.24 bits per heavy atom. The smallest absolute Gasteiger partial charge is 0.303 e. The second-order valence-corrected chi connectivity index (χ2v) is 9.76. The monoisotopic (exact) mass is 461 g/mol. The third kappa shape index (κ3) is 8.09. The molecule has 7 atom stereocenters. The average Bonchev–Trinajstić information content (AvgIpc) is 3.49. The van der Waals surface area contributed by atoms with Gasteiger partial charge in [0.05, 0.1) is 43.2 Å². The van der Waals surface area contributed by atoms with E-state index in [1.807, 2.05) is 6.92 Å². The van der Waals surface area contributed by atoms with E-state index < -0.39 is 6.10 Å². The quantitative estimate of drug-likeness (QED) is 0.257. The van der Waals surface area contributed by atoms with Gasteiger partial charge in [0.15, 0.2) is 0 Å². The van der Waals surface area contributed by atoms with Gasteiger partial charge in [-0.3, -0.25) is 9.59 Å². The number of carbonyl (C=O) groups excluding carboxylic acids is 2. The topological polar surface area (TPSA) is 86.4 Å². The molecule has 33 heavy (non-hydrogen) atoms. The van der Waals surface area contributed by atoms with E-state index in [4.69, 9.17) is 18.9 Å². The van der Waals surface area contributed by atoms with Crippen LogP contribution in [0.4, 0.5) is 0 Å². The zero-order valence-electron chi connectivity index (χ0n) is 20.5. The van der Waals surface area contributed by atoms with Crippen LogP contribution in [0.15, 0.2) is 36.0 Å². The Hall–Kier alpha value is -1.96. The molecule has 3 aliphatic heterocycles. The van der Waals surface area contributed by atoms with Gasteiger partial charge in [-0.1, -0.05) is 30.7 Å². The molecule has 3 heterocycles. The van der Waals surface area contributed by atoms with Gasteiger partial charge in [0.25, 0.3) is 0 Å². The summed E-state index contributed by atoms with van der Waals surface area (Å²) in [6.45, 7) is 11.0. The van der Waals surface area contributed by atoms with Crippen LogP contribution in [0, 0.1) is 5.92 Å². The van der Waals surface area contributed by atoms with Crippen LogP contribution >= 0.6 is 0 Å². The van der Waals surface area contributed by atoms with E-state index in [2.05, 4.69) is 37.4 Å². The first-order chi connectivity index (χ1) is 15.7. The molecule has 1 spiro atoms. The van der Waals surface area contributed by atoms with Gasteiger partial charge < -0.3 is 24.3 Å². The molecule has 3 saturated heterocycles. The van der Waals surface area contributed by atoms with E-state index >= 15 is 0 Å². The number of amides is 1. The minimum atomic E-state index is -0.437. The molecule has 7 heteroatoms. The summed E-state index contributed by atoms with van der Waals surface area (Å²) in [7, 11) is 0. The third-order valence-electron chi connectivity index (χ3n) is 6.68. The van der Waals surface area contributed by atoms with E-state index in [0.29, 0.717) is 5.92 Å². The lowest BCUT2D eigenvalue weighted by Crippen LogP contribution is -2.50. The van der Waals surface area contributed by atoms with E-state index in [9.17, 15) is 9.59 Å². The Kier molecular flexibility index (Phi) is 8.90. The SMILES string of the molecule is CC(=O)OC(C)/C=C\C(=O)NC1C[C@H](C)C(C/C=C(C)/C=C/C2CC3(CCO2)CO3)OC1C. The van der Waals surface area contributed by atoms with Gasteiger partial charge in [-0.2, -0.15) is 0 Å². The van der Waals surface area contributed by atoms with Gasteiger partial charge in [0.1, 0.15) is 6.10 Å². The van der Waals surface area contributed by atoms with Crippen LogP contribution in [0.25, 0.3) is 0 Å². The maximum Gasteiger partial charge on any atom is 0.303 e. The number of esters is 1. The predicted octanol–water partition coefficient (Wildman–Crippen LogP) is 3.63. The Labute approximate surface area is 197 Å². The zero-order chi connectivity index (χ0) is 24.0. The van der Waals surface area contributed by atoms with Crippen molar-refractivity contribution in [1.29, 1.82) is 0 Å². The standard InChI is InChI=1S/C26H39NO6/c1-17(6-9-22-15-26(16-31-26)12-13-30-22)7-10-24-18(2)14-23(20(4)33-24)27-25(29)11-8-19(3)32-21(5)28/h6-9,11,18-20,22-24H,10,12-16H2,1-5H3,(H,27,29)/b9-6+,11-8-,17-7+/t18-,19?,20?,22?,23?,24?,26?/m0/s1. The molecule has 3 fully saturated rings. The van der Waals surface area contributed by atoms with Crippen LogP contribution < -0.4 is 5.32 Å². The molecule has 0 bridgehead atoms. The largest absolute Gasteiger partial charge is 0.459 e. The molecule has 1 amide bonds. The third-order valence-corrected chi connectivity index (χ3v) is 6.68. The van der Waals surface area contributed by atoms with Crippen molar-refractivity contribution in [2.24, 2.45) is 5.92 Å². The normalized spacial score (nSPS) is 35.7. The second kappa shape index (κ2) is 11.4. The van der Waals surface area contributed by atoms with Gasteiger partial charge in [0, 0.05) is 25.8 Å². The van der Waals surface area contributed by atoms with Crippen molar-refractivity contribution in [1.82, 2.24) is 5.32 Å². The van der Waals surface area contributed by atoms with Gasteiger partial charge in [-0.05, 0) is 45.6 Å². The molecule has 184 valence electrons. The van der Waals surface area contributed by atoms with E-state index in [1.165, 1.54) is 18.6 Å². The molecule has 0 radical (unpaired) electrons. The molecule has 0 aliphatic carbocycles. The van der Waals surface area contributed by atoms with Crippen LogP contribution in [0.2, 0.25) is 0 Å². The molecule has 1 N–H and O–H groups in total. The molecule has 0 aromatic heterocycles.